The minimum absolute atomic E-state index is 0.00960. The lowest BCUT2D eigenvalue weighted by Gasteiger charge is -2.14. The van der Waals surface area contributed by atoms with Crippen molar-refractivity contribution in [3.63, 3.8) is 0 Å². The number of ether oxygens (including phenoxy) is 1. The van der Waals surface area contributed by atoms with Crippen molar-refractivity contribution in [2.24, 2.45) is 0 Å². The molecular weight excluding hydrogens is 454 g/mol. The largest absolute Gasteiger partial charge is 0.495 e. The van der Waals surface area contributed by atoms with Crippen LogP contribution >= 0.6 is 0 Å². The fourth-order valence-corrected chi connectivity index (χ4v) is 4.55. The van der Waals surface area contributed by atoms with Gasteiger partial charge in [0.1, 0.15) is 22.8 Å². The van der Waals surface area contributed by atoms with Gasteiger partial charge in [-0.3, -0.25) is 9.52 Å². The number of methoxy groups -OCH3 is 1. The number of rotatable bonds is 7. The lowest BCUT2D eigenvalue weighted by molar-refractivity contribution is 0.102. The van der Waals surface area contributed by atoms with Gasteiger partial charge in [0.15, 0.2) is 0 Å². The van der Waals surface area contributed by atoms with E-state index < -0.39 is 15.9 Å². The molecule has 0 atom stereocenters. The Labute approximate surface area is 197 Å². The highest BCUT2D eigenvalue weighted by Crippen LogP contribution is 2.29. The number of nitrogens with one attached hydrogen (secondary N) is 2. The van der Waals surface area contributed by atoms with Crippen LogP contribution in [0.4, 0.5) is 11.4 Å². The molecule has 0 unspecified atom stereocenters. The Bertz CT molecular complexity index is 1450. The van der Waals surface area contributed by atoms with Crippen LogP contribution in [0.15, 0.2) is 82.2 Å². The number of hydrogen-bond donors (Lipinski definition) is 2. The number of carbonyl (C=O) groups excluding carboxylic acids is 1. The molecule has 0 fully saturated rings. The summed E-state index contributed by atoms with van der Waals surface area (Å²) in [6.45, 7) is 3.43. The standard InChI is InChI=1S/C25H23N3O5S/c1-16-13-14-19(34(30,31)28-20-11-7-8-12-22(20)32-3)15-21(16)26-25(29)23-17(2)33-27-24(23)18-9-5-4-6-10-18/h4-15,28H,1-3H3,(H,26,29). The smallest absolute Gasteiger partial charge is 0.262 e. The summed E-state index contributed by atoms with van der Waals surface area (Å²) in [6, 6.07) is 20.4. The Kier molecular flexibility index (Phi) is 6.38. The number of aromatic nitrogens is 1. The second-order valence-electron chi connectivity index (χ2n) is 7.57. The molecule has 34 heavy (non-hydrogen) atoms. The van der Waals surface area contributed by atoms with E-state index in [4.69, 9.17) is 9.26 Å². The zero-order valence-corrected chi connectivity index (χ0v) is 19.6. The molecule has 0 saturated heterocycles. The predicted octanol–water partition coefficient (Wildman–Crippen LogP) is 5.02. The van der Waals surface area contributed by atoms with E-state index in [1.807, 2.05) is 30.3 Å². The van der Waals surface area contributed by atoms with Crippen molar-refractivity contribution >= 4 is 27.3 Å². The van der Waals surface area contributed by atoms with Crippen molar-refractivity contribution in [1.29, 1.82) is 0 Å². The van der Waals surface area contributed by atoms with Gasteiger partial charge < -0.3 is 14.6 Å². The summed E-state index contributed by atoms with van der Waals surface area (Å²) in [5.41, 5.74) is 2.79. The van der Waals surface area contributed by atoms with Gasteiger partial charge in [0.05, 0.1) is 17.7 Å². The number of amides is 1. The third kappa shape index (κ3) is 4.65. The van der Waals surface area contributed by atoms with E-state index >= 15 is 0 Å². The molecule has 2 N–H and O–H groups in total. The Hall–Kier alpha value is -4.11. The molecule has 9 heteroatoms. The zero-order chi connectivity index (χ0) is 24.3. The van der Waals surface area contributed by atoms with E-state index in [1.54, 1.807) is 44.2 Å². The lowest BCUT2D eigenvalue weighted by atomic mass is 10.1. The Morgan fingerprint density at radius 3 is 2.38 bits per heavy atom. The summed E-state index contributed by atoms with van der Waals surface area (Å²) in [5, 5.41) is 6.84. The molecule has 1 aromatic heterocycles. The highest BCUT2D eigenvalue weighted by atomic mass is 32.2. The van der Waals surface area contributed by atoms with Gasteiger partial charge in [-0.15, -0.1) is 0 Å². The Morgan fingerprint density at radius 2 is 1.65 bits per heavy atom. The van der Waals surface area contributed by atoms with Crippen LogP contribution in [0.25, 0.3) is 11.3 Å². The van der Waals surface area contributed by atoms with Gasteiger partial charge in [-0.2, -0.15) is 0 Å². The van der Waals surface area contributed by atoms with Crippen LogP contribution in [0, 0.1) is 13.8 Å². The number of anilines is 2. The van der Waals surface area contributed by atoms with Crippen LogP contribution in [0.5, 0.6) is 5.75 Å². The summed E-state index contributed by atoms with van der Waals surface area (Å²) in [7, 11) is -2.48. The van der Waals surface area contributed by atoms with Gasteiger partial charge >= 0.3 is 0 Å². The third-order valence-electron chi connectivity index (χ3n) is 5.26. The van der Waals surface area contributed by atoms with E-state index in [1.165, 1.54) is 19.2 Å². The van der Waals surface area contributed by atoms with Crippen molar-refractivity contribution in [3.05, 3.63) is 89.7 Å². The lowest BCUT2D eigenvalue weighted by Crippen LogP contribution is -2.17. The quantitative estimate of drug-likeness (QED) is 0.387. The summed E-state index contributed by atoms with van der Waals surface area (Å²) in [5.74, 6) is 0.298. The predicted molar refractivity (Wildman–Crippen MR) is 130 cm³/mol. The monoisotopic (exact) mass is 477 g/mol. The van der Waals surface area contributed by atoms with Crippen LogP contribution < -0.4 is 14.8 Å². The first-order chi connectivity index (χ1) is 16.3. The highest BCUT2D eigenvalue weighted by molar-refractivity contribution is 7.92. The second kappa shape index (κ2) is 9.40. The maximum atomic E-state index is 13.2. The summed E-state index contributed by atoms with van der Waals surface area (Å²) in [6.07, 6.45) is 0. The molecule has 0 bridgehead atoms. The number of aryl methyl sites for hydroxylation is 2. The molecular formula is C25H23N3O5S. The van der Waals surface area contributed by atoms with Gasteiger partial charge in [0, 0.05) is 11.3 Å². The SMILES string of the molecule is COc1ccccc1NS(=O)(=O)c1ccc(C)c(NC(=O)c2c(-c3ccccc3)noc2C)c1. The van der Waals surface area contributed by atoms with Crippen LogP contribution in [-0.2, 0) is 10.0 Å². The molecule has 1 amide bonds. The average Bonchev–Trinajstić information content (AvgIpc) is 3.22. The molecule has 4 aromatic rings. The number of benzene rings is 3. The normalized spacial score (nSPS) is 11.1. The Morgan fingerprint density at radius 1 is 0.941 bits per heavy atom. The first kappa shape index (κ1) is 23.1. The van der Waals surface area contributed by atoms with Gasteiger partial charge in [0.2, 0.25) is 0 Å². The second-order valence-corrected chi connectivity index (χ2v) is 9.25. The highest BCUT2D eigenvalue weighted by Gasteiger charge is 2.23. The van der Waals surface area contributed by atoms with Gasteiger partial charge in [0.25, 0.3) is 15.9 Å². The third-order valence-corrected chi connectivity index (χ3v) is 6.62. The minimum Gasteiger partial charge on any atom is -0.495 e. The van der Waals surface area contributed by atoms with Gasteiger partial charge in [-0.25, -0.2) is 8.42 Å². The van der Waals surface area contributed by atoms with Crippen molar-refractivity contribution in [3.8, 4) is 17.0 Å². The van der Waals surface area contributed by atoms with E-state index in [0.29, 0.717) is 34.1 Å². The van der Waals surface area contributed by atoms with Crippen LogP contribution in [-0.4, -0.2) is 26.6 Å². The van der Waals surface area contributed by atoms with Crippen LogP contribution in [0.2, 0.25) is 0 Å². The van der Waals surface area contributed by atoms with Crippen molar-refractivity contribution in [2.45, 2.75) is 18.7 Å². The molecule has 0 aliphatic rings. The van der Waals surface area contributed by atoms with Crippen LogP contribution in [0.3, 0.4) is 0 Å². The number of carbonyl (C=O) groups is 1. The van der Waals surface area contributed by atoms with Crippen LogP contribution in [0.1, 0.15) is 21.7 Å². The molecule has 0 saturated carbocycles. The molecule has 0 aliphatic heterocycles. The molecule has 0 aliphatic carbocycles. The maximum absolute atomic E-state index is 13.2. The first-order valence-corrected chi connectivity index (χ1v) is 11.9. The number of sulfonamides is 1. The van der Waals surface area contributed by atoms with Gasteiger partial charge in [-0.1, -0.05) is 53.7 Å². The van der Waals surface area contributed by atoms with E-state index in [-0.39, 0.29) is 10.5 Å². The molecule has 4 rings (SSSR count). The zero-order valence-electron chi connectivity index (χ0n) is 18.8. The fourth-order valence-electron chi connectivity index (χ4n) is 3.45. The average molecular weight is 478 g/mol. The van der Waals surface area contributed by atoms with Crippen molar-refractivity contribution in [1.82, 2.24) is 5.16 Å². The van der Waals surface area contributed by atoms with E-state index in [0.717, 1.165) is 5.56 Å². The van der Waals surface area contributed by atoms with Crippen molar-refractivity contribution < 1.29 is 22.5 Å². The molecule has 8 nitrogen and oxygen atoms in total. The molecule has 174 valence electrons. The van der Waals surface area contributed by atoms with E-state index in [2.05, 4.69) is 15.2 Å². The number of para-hydroxylation sites is 2. The van der Waals surface area contributed by atoms with Crippen molar-refractivity contribution in [2.75, 3.05) is 17.1 Å². The minimum atomic E-state index is -3.95. The Balaban J connectivity index is 1.64. The number of nitrogens with zero attached hydrogens (tertiary/aromatic N) is 1. The van der Waals surface area contributed by atoms with Gasteiger partial charge in [-0.05, 0) is 43.7 Å². The molecule has 1 heterocycles. The topological polar surface area (TPSA) is 111 Å². The molecule has 0 spiro atoms. The van der Waals surface area contributed by atoms with E-state index in [9.17, 15) is 13.2 Å². The first-order valence-electron chi connectivity index (χ1n) is 10.4. The summed E-state index contributed by atoms with van der Waals surface area (Å²) >= 11 is 0. The summed E-state index contributed by atoms with van der Waals surface area (Å²) < 4.78 is 39.1. The summed E-state index contributed by atoms with van der Waals surface area (Å²) in [4.78, 5) is 13.2. The maximum Gasteiger partial charge on any atom is 0.262 e. The number of hydrogen-bond acceptors (Lipinski definition) is 6. The molecule has 0 radical (unpaired) electrons. The fraction of sp³-hybridized carbons (Fsp3) is 0.120. The molecule has 3 aromatic carbocycles.